The first-order valence-corrected chi connectivity index (χ1v) is 5.22. The average molecular weight is 199 g/mol. The van der Waals surface area contributed by atoms with Crippen molar-refractivity contribution in [1.29, 1.82) is 0 Å². The van der Waals surface area contributed by atoms with Gasteiger partial charge in [0, 0.05) is 26.7 Å². The largest absolute Gasteiger partial charge is 0.328 e. The van der Waals surface area contributed by atoms with Crippen LogP contribution in [-0.4, -0.2) is 48.1 Å². The van der Waals surface area contributed by atoms with E-state index in [1.807, 2.05) is 25.8 Å². The Balaban J connectivity index is 2.59. The molecule has 0 unspecified atom stereocenters. The number of urea groups is 1. The Morgan fingerprint density at radius 2 is 1.93 bits per heavy atom. The number of likely N-dealkylation sites (tertiary alicyclic amines) is 1. The topological polar surface area (TPSA) is 49.6 Å². The van der Waals surface area contributed by atoms with E-state index in [1.165, 1.54) is 0 Å². The monoisotopic (exact) mass is 199 g/mol. The van der Waals surface area contributed by atoms with Crippen molar-refractivity contribution in [2.24, 2.45) is 5.73 Å². The minimum Gasteiger partial charge on any atom is -0.328 e. The molecule has 1 fully saturated rings. The fourth-order valence-corrected chi connectivity index (χ4v) is 1.52. The maximum atomic E-state index is 11.9. The van der Waals surface area contributed by atoms with Crippen LogP contribution in [-0.2, 0) is 0 Å². The van der Waals surface area contributed by atoms with Crippen molar-refractivity contribution in [1.82, 2.24) is 9.80 Å². The second-order valence-corrected chi connectivity index (χ2v) is 4.55. The fraction of sp³-hybridized carbons (Fsp3) is 0.900. The van der Waals surface area contributed by atoms with Crippen molar-refractivity contribution < 1.29 is 4.79 Å². The first-order chi connectivity index (χ1) is 6.49. The lowest BCUT2D eigenvalue weighted by molar-refractivity contribution is 0.129. The smallest absolute Gasteiger partial charge is 0.320 e. The number of rotatable bonds is 2. The van der Waals surface area contributed by atoms with Crippen LogP contribution < -0.4 is 5.73 Å². The van der Waals surface area contributed by atoms with E-state index in [2.05, 4.69) is 0 Å². The molecule has 0 aromatic rings. The van der Waals surface area contributed by atoms with Gasteiger partial charge in [-0.3, -0.25) is 0 Å². The van der Waals surface area contributed by atoms with Crippen LogP contribution in [0.1, 0.15) is 26.7 Å². The molecule has 0 atom stereocenters. The second kappa shape index (κ2) is 4.17. The number of carbonyl (C=O) groups is 1. The first kappa shape index (κ1) is 11.3. The lowest BCUT2D eigenvalue weighted by atomic mass is 10.0. The highest BCUT2D eigenvalue weighted by molar-refractivity contribution is 5.75. The van der Waals surface area contributed by atoms with Crippen LogP contribution in [0.4, 0.5) is 4.79 Å². The zero-order chi connectivity index (χ0) is 10.8. The SMILES string of the molecule is CN(C(=O)N1CCCC1)C(C)(C)CN. The molecular weight excluding hydrogens is 178 g/mol. The number of amides is 2. The summed E-state index contributed by atoms with van der Waals surface area (Å²) in [6.07, 6.45) is 2.26. The van der Waals surface area contributed by atoms with Crippen molar-refractivity contribution in [3.63, 3.8) is 0 Å². The quantitative estimate of drug-likeness (QED) is 0.717. The molecule has 82 valence electrons. The van der Waals surface area contributed by atoms with Gasteiger partial charge in [0.1, 0.15) is 0 Å². The molecule has 1 aliphatic heterocycles. The Morgan fingerprint density at radius 1 is 1.43 bits per heavy atom. The molecule has 0 radical (unpaired) electrons. The molecule has 1 saturated heterocycles. The summed E-state index contributed by atoms with van der Waals surface area (Å²) in [7, 11) is 1.83. The number of nitrogens with two attached hydrogens (primary N) is 1. The van der Waals surface area contributed by atoms with Crippen molar-refractivity contribution in [2.75, 3.05) is 26.7 Å². The highest BCUT2D eigenvalue weighted by atomic mass is 16.2. The molecule has 0 spiro atoms. The van der Waals surface area contributed by atoms with Crippen LogP contribution in [0.3, 0.4) is 0 Å². The normalized spacial score (nSPS) is 17.3. The van der Waals surface area contributed by atoms with Gasteiger partial charge >= 0.3 is 6.03 Å². The predicted molar refractivity (Wildman–Crippen MR) is 57.1 cm³/mol. The number of nitrogens with zero attached hydrogens (tertiary/aromatic N) is 2. The number of hydrogen-bond acceptors (Lipinski definition) is 2. The van der Waals surface area contributed by atoms with Gasteiger partial charge in [0.2, 0.25) is 0 Å². The third-order valence-corrected chi connectivity index (χ3v) is 3.07. The van der Waals surface area contributed by atoms with Crippen LogP contribution in [0.25, 0.3) is 0 Å². The lowest BCUT2D eigenvalue weighted by Crippen LogP contribution is -2.53. The molecule has 14 heavy (non-hydrogen) atoms. The van der Waals surface area contributed by atoms with Gasteiger partial charge in [0.15, 0.2) is 0 Å². The van der Waals surface area contributed by atoms with E-state index in [0.29, 0.717) is 6.54 Å². The molecule has 0 aliphatic carbocycles. The Bertz CT molecular complexity index is 209. The van der Waals surface area contributed by atoms with E-state index >= 15 is 0 Å². The standard InChI is InChI=1S/C10H21N3O/c1-10(2,8-11)12(3)9(14)13-6-4-5-7-13/h4-8,11H2,1-3H3. The summed E-state index contributed by atoms with van der Waals surface area (Å²) in [5, 5.41) is 0. The van der Waals surface area contributed by atoms with E-state index in [-0.39, 0.29) is 11.6 Å². The maximum Gasteiger partial charge on any atom is 0.320 e. The molecule has 2 N–H and O–H groups in total. The number of carbonyl (C=O) groups excluding carboxylic acids is 1. The van der Waals surface area contributed by atoms with Crippen molar-refractivity contribution >= 4 is 6.03 Å². The summed E-state index contributed by atoms with van der Waals surface area (Å²) in [5.41, 5.74) is 5.38. The summed E-state index contributed by atoms with van der Waals surface area (Å²) in [6, 6.07) is 0.109. The number of hydrogen-bond donors (Lipinski definition) is 1. The Hall–Kier alpha value is -0.770. The van der Waals surface area contributed by atoms with Gasteiger partial charge in [-0.05, 0) is 26.7 Å². The fourth-order valence-electron chi connectivity index (χ4n) is 1.52. The predicted octanol–water partition coefficient (Wildman–Crippen LogP) is 0.871. The van der Waals surface area contributed by atoms with Crippen molar-refractivity contribution in [2.45, 2.75) is 32.2 Å². The van der Waals surface area contributed by atoms with E-state index < -0.39 is 0 Å². The highest BCUT2D eigenvalue weighted by Crippen LogP contribution is 2.16. The van der Waals surface area contributed by atoms with Crippen LogP contribution in [0.5, 0.6) is 0 Å². The van der Waals surface area contributed by atoms with Crippen molar-refractivity contribution in [3.8, 4) is 0 Å². The Kier molecular flexibility index (Phi) is 3.37. The summed E-state index contributed by atoms with van der Waals surface area (Å²) >= 11 is 0. The number of likely N-dealkylation sites (N-methyl/N-ethyl adjacent to an activating group) is 1. The van der Waals surface area contributed by atoms with Gasteiger partial charge < -0.3 is 15.5 Å². The minimum atomic E-state index is -0.250. The van der Waals surface area contributed by atoms with Gasteiger partial charge in [-0.1, -0.05) is 0 Å². The van der Waals surface area contributed by atoms with Crippen LogP contribution in [0.15, 0.2) is 0 Å². The first-order valence-electron chi connectivity index (χ1n) is 5.22. The summed E-state index contributed by atoms with van der Waals surface area (Å²) < 4.78 is 0. The molecule has 4 heteroatoms. The third kappa shape index (κ3) is 2.18. The Morgan fingerprint density at radius 3 is 2.36 bits per heavy atom. The molecule has 2 amide bonds. The molecule has 0 aromatic heterocycles. The zero-order valence-electron chi connectivity index (χ0n) is 9.42. The highest BCUT2D eigenvalue weighted by Gasteiger charge is 2.30. The van der Waals surface area contributed by atoms with Gasteiger partial charge in [0.25, 0.3) is 0 Å². The van der Waals surface area contributed by atoms with Gasteiger partial charge in [-0.15, -0.1) is 0 Å². The van der Waals surface area contributed by atoms with E-state index in [1.54, 1.807) is 4.90 Å². The Labute approximate surface area is 86.0 Å². The molecule has 1 aliphatic rings. The van der Waals surface area contributed by atoms with Gasteiger partial charge in [-0.25, -0.2) is 4.79 Å². The molecule has 1 rings (SSSR count). The molecule has 0 saturated carbocycles. The van der Waals surface area contributed by atoms with Gasteiger partial charge in [0.05, 0.1) is 5.54 Å². The van der Waals surface area contributed by atoms with Crippen molar-refractivity contribution in [3.05, 3.63) is 0 Å². The van der Waals surface area contributed by atoms with Crippen LogP contribution in [0.2, 0.25) is 0 Å². The maximum absolute atomic E-state index is 11.9. The molecule has 0 aromatic carbocycles. The minimum absolute atomic E-state index is 0.109. The molecule has 1 heterocycles. The zero-order valence-corrected chi connectivity index (χ0v) is 9.42. The lowest BCUT2D eigenvalue weighted by Gasteiger charge is -2.37. The molecular formula is C10H21N3O. The molecule has 4 nitrogen and oxygen atoms in total. The summed E-state index contributed by atoms with van der Waals surface area (Å²) in [6.45, 7) is 6.25. The third-order valence-electron chi connectivity index (χ3n) is 3.07. The van der Waals surface area contributed by atoms with Gasteiger partial charge in [-0.2, -0.15) is 0 Å². The van der Waals surface area contributed by atoms with E-state index in [9.17, 15) is 4.79 Å². The average Bonchev–Trinajstić information content (AvgIpc) is 2.68. The van der Waals surface area contributed by atoms with Crippen LogP contribution >= 0.6 is 0 Å². The molecule has 0 bridgehead atoms. The second-order valence-electron chi connectivity index (χ2n) is 4.55. The summed E-state index contributed by atoms with van der Waals surface area (Å²) in [4.78, 5) is 15.6. The summed E-state index contributed by atoms with van der Waals surface area (Å²) in [5.74, 6) is 0. The van der Waals surface area contributed by atoms with Crippen LogP contribution in [0, 0.1) is 0 Å². The van der Waals surface area contributed by atoms with E-state index in [0.717, 1.165) is 25.9 Å². The van der Waals surface area contributed by atoms with E-state index in [4.69, 9.17) is 5.73 Å².